The van der Waals surface area contributed by atoms with E-state index in [0.29, 0.717) is 18.1 Å². The molecule has 11 heavy (non-hydrogen) atoms. The number of ketones is 1. The Balaban J connectivity index is 3.86. The van der Waals surface area contributed by atoms with Crippen LogP contribution in [0.2, 0.25) is 0 Å². The van der Waals surface area contributed by atoms with Crippen LogP contribution in [0.25, 0.3) is 0 Å². The second-order valence-electron chi connectivity index (χ2n) is 3.24. The normalized spacial score (nSPS) is 14.3. The molecule has 0 aliphatic rings. The van der Waals surface area contributed by atoms with Crippen molar-refractivity contribution in [2.45, 2.75) is 34.1 Å². The standard InChI is InChI=1S/C10H18O/c1-5-10(11)9(4)7-6-8(2)3/h6-9H,5H2,1-4H3/b7-6+/t9-/m0/s1. The third-order valence-electron chi connectivity index (χ3n) is 1.64. The van der Waals surface area contributed by atoms with Crippen molar-refractivity contribution in [2.24, 2.45) is 11.8 Å². The van der Waals surface area contributed by atoms with Gasteiger partial charge in [0.15, 0.2) is 0 Å². The lowest BCUT2D eigenvalue weighted by Crippen LogP contribution is -2.06. The van der Waals surface area contributed by atoms with Crippen LogP contribution in [-0.4, -0.2) is 5.78 Å². The van der Waals surface area contributed by atoms with Gasteiger partial charge in [-0.25, -0.2) is 0 Å². The summed E-state index contributed by atoms with van der Waals surface area (Å²) in [6.07, 6.45) is 4.72. The minimum atomic E-state index is 0.0994. The van der Waals surface area contributed by atoms with E-state index in [4.69, 9.17) is 0 Å². The zero-order valence-corrected chi connectivity index (χ0v) is 7.92. The number of carbonyl (C=O) groups excluding carboxylic acids is 1. The average molecular weight is 154 g/mol. The molecule has 0 radical (unpaired) electrons. The highest BCUT2D eigenvalue weighted by molar-refractivity contribution is 5.81. The number of hydrogen-bond acceptors (Lipinski definition) is 1. The first kappa shape index (κ1) is 10.4. The van der Waals surface area contributed by atoms with Gasteiger partial charge >= 0.3 is 0 Å². The molecular weight excluding hydrogens is 136 g/mol. The predicted molar refractivity (Wildman–Crippen MR) is 48.4 cm³/mol. The molecule has 1 atom stereocenters. The number of Topliss-reactive ketones (excluding diaryl/α,β-unsaturated/α-hetero) is 1. The zero-order chi connectivity index (χ0) is 8.85. The lowest BCUT2D eigenvalue weighted by molar-refractivity contribution is -0.120. The van der Waals surface area contributed by atoms with Crippen molar-refractivity contribution in [2.75, 3.05) is 0 Å². The Bertz CT molecular complexity index is 145. The fourth-order valence-corrected chi connectivity index (χ4v) is 0.818. The molecule has 0 aromatic heterocycles. The van der Waals surface area contributed by atoms with E-state index in [2.05, 4.69) is 19.9 Å². The van der Waals surface area contributed by atoms with Crippen molar-refractivity contribution in [3.05, 3.63) is 12.2 Å². The molecule has 1 heteroatoms. The van der Waals surface area contributed by atoms with E-state index in [9.17, 15) is 4.79 Å². The molecule has 0 saturated heterocycles. The Kier molecular flexibility index (Phi) is 4.84. The van der Waals surface area contributed by atoms with E-state index in [1.165, 1.54) is 0 Å². The molecule has 0 spiro atoms. The molecule has 0 fully saturated rings. The van der Waals surface area contributed by atoms with Crippen molar-refractivity contribution >= 4 is 5.78 Å². The van der Waals surface area contributed by atoms with Gasteiger partial charge < -0.3 is 0 Å². The maximum Gasteiger partial charge on any atom is 0.139 e. The molecule has 0 unspecified atom stereocenters. The Hall–Kier alpha value is -0.590. The fourth-order valence-electron chi connectivity index (χ4n) is 0.818. The molecule has 0 bridgehead atoms. The van der Waals surface area contributed by atoms with Crippen LogP contribution in [0.4, 0.5) is 0 Å². The molecule has 0 aromatic carbocycles. The van der Waals surface area contributed by atoms with Crippen LogP contribution in [0.1, 0.15) is 34.1 Å². The summed E-state index contributed by atoms with van der Waals surface area (Å²) in [5.41, 5.74) is 0. The first-order valence-corrected chi connectivity index (χ1v) is 4.29. The Labute approximate surface area is 69.5 Å². The molecule has 0 rings (SSSR count). The van der Waals surface area contributed by atoms with E-state index in [-0.39, 0.29) is 5.92 Å². The van der Waals surface area contributed by atoms with Crippen LogP contribution in [0.5, 0.6) is 0 Å². The van der Waals surface area contributed by atoms with Crippen LogP contribution in [0, 0.1) is 11.8 Å². The highest BCUT2D eigenvalue weighted by Gasteiger charge is 2.05. The zero-order valence-electron chi connectivity index (χ0n) is 7.92. The lowest BCUT2D eigenvalue weighted by atomic mass is 10.0. The van der Waals surface area contributed by atoms with Crippen molar-refractivity contribution < 1.29 is 4.79 Å². The number of hydrogen-bond donors (Lipinski definition) is 0. The van der Waals surface area contributed by atoms with E-state index in [1.54, 1.807) is 0 Å². The van der Waals surface area contributed by atoms with Crippen LogP contribution in [-0.2, 0) is 4.79 Å². The van der Waals surface area contributed by atoms with Crippen molar-refractivity contribution in [1.82, 2.24) is 0 Å². The molecule has 0 aromatic rings. The van der Waals surface area contributed by atoms with E-state index < -0.39 is 0 Å². The topological polar surface area (TPSA) is 17.1 Å². The van der Waals surface area contributed by atoms with Gasteiger partial charge in [-0.2, -0.15) is 0 Å². The number of allylic oxidation sites excluding steroid dienone is 2. The van der Waals surface area contributed by atoms with Gasteiger partial charge in [-0.05, 0) is 5.92 Å². The molecule has 0 amide bonds. The van der Waals surface area contributed by atoms with Crippen molar-refractivity contribution in [1.29, 1.82) is 0 Å². The summed E-state index contributed by atoms with van der Waals surface area (Å²) >= 11 is 0. The van der Waals surface area contributed by atoms with Gasteiger partial charge in [0.05, 0.1) is 0 Å². The van der Waals surface area contributed by atoms with E-state index in [1.807, 2.05) is 19.9 Å². The van der Waals surface area contributed by atoms with Crippen molar-refractivity contribution in [3.63, 3.8) is 0 Å². The largest absolute Gasteiger partial charge is 0.299 e. The Morgan fingerprint density at radius 1 is 1.27 bits per heavy atom. The van der Waals surface area contributed by atoms with Gasteiger partial charge in [0, 0.05) is 12.3 Å². The van der Waals surface area contributed by atoms with Crippen LogP contribution in [0.3, 0.4) is 0 Å². The molecule has 0 aliphatic heterocycles. The molecule has 64 valence electrons. The van der Waals surface area contributed by atoms with Crippen molar-refractivity contribution in [3.8, 4) is 0 Å². The third-order valence-corrected chi connectivity index (χ3v) is 1.64. The lowest BCUT2D eigenvalue weighted by Gasteiger charge is -2.02. The smallest absolute Gasteiger partial charge is 0.139 e. The second-order valence-corrected chi connectivity index (χ2v) is 3.24. The monoisotopic (exact) mass is 154 g/mol. The summed E-state index contributed by atoms with van der Waals surface area (Å²) in [5.74, 6) is 0.964. The molecule has 1 nitrogen and oxygen atoms in total. The van der Waals surface area contributed by atoms with Gasteiger partial charge in [0.25, 0.3) is 0 Å². The average Bonchev–Trinajstić information content (AvgIpc) is 1.98. The number of carbonyl (C=O) groups is 1. The second kappa shape index (κ2) is 5.11. The first-order valence-electron chi connectivity index (χ1n) is 4.29. The quantitative estimate of drug-likeness (QED) is 0.569. The van der Waals surface area contributed by atoms with Gasteiger partial charge in [0.2, 0.25) is 0 Å². The van der Waals surface area contributed by atoms with Crippen LogP contribution < -0.4 is 0 Å². The molecule has 0 saturated carbocycles. The van der Waals surface area contributed by atoms with Gasteiger partial charge in [-0.3, -0.25) is 4.79 Å². The number of rotatable bonds is 4. The molecule has 0 aliphatic carbocycles. The maximum absolute atomic E-state index is 11.1. The molecular formula is C10H18O. The van der Waals surface area contributed by atoms with E-state index >= 15 is 0 Å². The summed E-state index contributed by atoms with van der Waals surface area (Å²) in [6.45, 7) is 8.08. The molecule has 0 N–H and O–H groups in total. The summed E-state index contributed by atoms with van der Waals surface area (Å²) in [5, 5.41) is 0. The SMILES string of the molecule is CCC(=O)[C@@H](C)/C=C/C(C)C. The van der Waals surface area contributed by atoms with Crippen LogP contribution >= 0.6 is 0 Å². The van der Waals surface area contributed by atoms with E-state index in [0.717, 1.165) is 0 Å². The van der Waals surface area contributed by atoms with Gasteiger partial charge in [-0.1, -0.05) is 39.8 Å². The highest BCUT2D eigenvalue weighted by atomic mass is 16.1. The summed E-state index contributed by atoms with van der Waals surface area (Å²) < 4.78 is 0. The van der Waals surface area contributed by atoms with Crippen LogP contribution in [0.15, 0.2) is 12.2 Å². The predicted octanol–water partition coefficient (Wildman–Crippen LogP) is 2.81. The highest BCUT2D eigenvalue weighted by Crippen LogP contribution is 2.04. The Morgan fingerprint density at radius 3 is 2.18 bits per heavy atom. The third kappa shape index (κ3) is 4.77. The summed E-state index contributed by atoms with van der Waals surface area (Å²) in [7, 11) is 0. The first-order chi connectivity index (χ1) is 5.07. The Morgan fingerprint density at radius 2 is 1.82 bits per heavy atom. The maximum atomic E-state index is 11.1. The minimum absolute atomic E-state index is 0.0994. The summed E-state index contributed by atoms with van der Waals surface area (Å²) in [6, 6.07) is 0. The van der Waals surface area contributed by atoms with Gasteiger partial charge in [0.1, 0.15) is 5.78 Å². The van der Waals surface area contributed by atoms with Gasteiger partial charge in [-0.15, -0.1) is 0 Å². The molecule has 0 heterocycles. The summed E-state index contributed by atoms with van der Waals surface area (Å²) in [4.78, 5) is 11.1. The fraction of sp³-hybridized carbons (Fsp3) is 0.700. The minimum Gasteiger partial charge on any atom is -0.299 e.